The summed E-state index contributed by atoms with van der Waals surface area (Å²) in [7, 11) is -3.85. The number of halogens is 1. The first-order chi connectivity index (χ1) is 19.8. The van der Waals surface area contributed by atoms with Crippen molar-refractivity contribution in [2.75, 3.05) is 18.0 Å². The number of anilines is 1. The summed E-state index contributed by atoms with van der Waals surface area (Å²) in [5, 5.41) is 11.2. The van der Waals surface area contributed by atoms with Gasteiger partial charge in [0.2, 0.25) is 10.0 Å². The van der Waals surface area contributed by atoms with Crippen LogP contribution in [0.4, 0.5) is 5.69 Å². The summed E-state index contributed by atoms with van der Waals surface area (Å²) in [4.78, 5) is 15.6. The Morgan fingerprint density at radius 2 is 1.85 bits per heavy atom. The number of aliphatic hydroxyl groups is 1. The number of aryl methyl sites for hydroxylation is 1. The van der Waals surface area contributed by atoms with E-state index in [2.05, 4.69) is 9.62 Å². The highest BCUT2D eigenvalue weighted by Gasteiger charge is 2.38. The second kappa shape index (κ2) is 12.0. The first-order valence-electron chi connectivity index (χ1n) is 15.0. The van der Waals surface area contributed by atoms with E-state index < -0.39 is 27.3 Å². The highest BCUT2D eigenvalue weighted by atomic mass is 35.5. The van der Waals surface area contributed by atoms with Gasteiger partial charge in [0.1, 0.15) is 12.4 Å². The summed E-state index contributed by atoms with van der Waals surface area (Å²) in [5.41, 5.74) is 3.34. The van der Waals surface area contributed by atoms with Crippen LogP contribution in [0.2, 0.25) is 5.02 Å². The maximum Gasteiger partial charge on any atom is 0.264 e. The van der Waals surface area contributed by atoms with Gasteiger partial charge >= 0.3 is 0 Å². The third kappa shape index (κ3) is 6.30. The van der Waals surface area contributed by atoms with Gasteiger partial charge in [0.05, 0.1) is 17.0 Å². The van der Waals surface area contributed by atoms with Crippen LogP contribution in [0.25, 0.3) is 0 Å². The van der Waals surface area contributed by atoms with Crippen molar-refractivity contribution in [3.05, 3.63) is 70.3 Å². The molecule has 0 radical (unpaired) electrons. The Hall–Kier alpha value is -2.55. The molecule has 5 atom stereocenters. The average molecular weight is 599 g/mol. The molecular weight excluding hydrogens is 560 g/mol. The lowest BCUT2D eigenvalue weighted by Crippen LogP contribution is -2.43. The van der Waals surface area contributed by atoms with Gasteiger partial charge in [-0.05, 0) is 111 Å². The fourth-order valence-corrected chi connectivity index (χ4v) is 8.67. The van der Waals surface area contributed by atoms with Crippen LogP contribution in [-0.2, 0) is 23.1 Å². The molecule has 2 aliphatic carbocycles. The topological polar surface area (TPSA) is 95.9 Å². The van der Waals surface area contributed by atoms with E-state index in [0.717, 1.165) is 69.3 Å². The molecule has 0 spiro atoms. The molecule has 2 aliphatic heterocycles. The van der Waals surface area contributed by atoms with Crippen LogP contribution in [-0.4, -0.2) is 43.9 Å². The van der Waals surface area contributed by atoms with Gasteiger partial charge in [0.25, 0.3) is 5.91 Å². The predicted molar refractivity (Wildman–Crippen MR) is 161 cm³/mol. The molecule has 7 nitrogen and oxygen atoms in total. The number of nitrogens with one attached hydrogen (secondary N) is 1. The van der Waals surface area contributed by atoms with Crippen LogP contribution in [0.3, 0.4) is 0 Å². The number of allylic oxidation sites excluding steroid dienone is 1. The number of benzene rings is 2. The highest BCUT2D eigenvalue weighted by molar-refractivity contribution is 7.90. The van der Waals surface area contributed by atoms with Crippen molar-refractivity contribution < 1.29 is 23.1 Å². The van der Waals surface area contributed by atoms with Gasteiger partial charge in [-0.15, -0.1) is 0 Å². The van der Waals surface area contributed by atoms with Crippen molar-refractivity contribution in [1.82, 2.24) is 4.72 Å². The smallest absolute Gasteiger partial charge is 0.264 e. The minimum Gasteiger partial charge on any atom is -0.487 e. The van der Waals surface area contributed by atoms with E-state index in [0.29, 0.717) is 41.7 Å². The zero-order chi connectivity index (χ0) is 28.6. The first kappa shape index (κ1) is 28.6. The van der Waals surface area contributed by atoms with E-state index in [1.807, 2.05) is 30.4 Å². The average Bonchev–Trinajstić information content (AvgIpc) is 2.97. The lowest BCUT2D eigenvalue weighted by atomic mass is 9.70. The third-order valence-corrected chi connectivity index (χ3v) is 11.5. The number of carbonyl (C=O) groups excluding carboxylic acids is 1. The number of ether oxygens (including phenoxy) is 1. The molecule has 220 valence electrons. The van der Waals surface area contributed by atoms with Gasteiger partial charge in [-0.25, -0.2) is 13.1 Å². The summed E-state index contributed by atoms with van der Waals surface area (Å²) < 4.78 is 35.3. The van der Waals surface area contributed by atoms with Gasteiger partial charge in [-0.2, -0.15) is 0 Å². The maximum absolute atomic E-state index is 13.4. The summed E-state index contributed by atoms with van der Waals surface area (Å²) in [6, 6.07) is 11.1. The molecule has 4 bridgehead atoms. The van der Waals surface area contributed by atoms with Crippen LogP contribution in [0, 0.1) is 17.8 Å². The maximum atomic E-state index is 13.4. The van der Waals surface area contributed by atoms with Crippen LogP contribution < -0.4 is 14.4 Å². The molecule has 41 heavy (non-hydrogen) atoms. The molecule has 2 saturated carbocycles. The number of rotatable bonds is 0. The Morgan fingerprint density at radius 3 is 2.68 bits per heavy atom. The third-order valence-electron chi connectivity index (χ3n) is 9.53. The molecule has 6 rings (SSSR count). The van der Waals surface area contributed by atoms with Gasteiger partial charge in [-0.1, -0.05) is 36.2 Å². The summed E-state index contributed by atoms with van der Waals surface area (Å²) >= 11 is 6.30. The van der Waals surface area contributed by atoms with Crippen molar-refractivity contribution in [3.63, 3.8) is 0 Å². The molecule has 1 amide bonds. The zero-order valence-electron chi connectivity index (χ0n) is 23.3. The fraction of sp³-hybridized carbons (Fsp3) is 0.531. The Kier molecular flexibility index (Phi) is 8.35. The van der Waals surface area contributed by atoms with Gasteiger partial charge in [0.15, 0.2) is 0 Å². The molecule has 0 saturated heterocycles. The van der Waals surface area contributed by atoms with Gasteiger partial charge in [-0.3, -0.25) is 4.79 Å². The second-order valence-electron chi connectivity index (χ2n) is 12.2. The number of amides is 1. The molecule has 4 aliphatic rings. The summed E-state index contributed by atoms with van der Waals surface area (Å²) in [5.74, 6) is 0.592. The van der Waals surface area contributed by atoms with E-state index in [4.69, 9.17) is 16.3 Å². The summed E-state index contributed by atoms with van der Waals surface area (Å²) in [6.07, 6.45) is 10.8. The molecule has 2 aromatic carbocycles. The van der Waals surface area contributed by atoms with Crippen LogP contribution in [0.5, 0.6) is 5.75 Å². The quantitative estimate of drug-likeness (QED) is 0.381. The van der Waals surface area contributed by atoms with E-state index >= 15 is 0 Å². The number of fused-ring (bicyclic) bond motifs is 5. The van der Waals surface area contributed by atoms with Crippen molar-refractivity contribution in [1.29, 1.82) is 0 Å². The van der Waals surface area contributed by atoms with Crippen LogP contribution >= 0.6 is 11.6 Å². The predicted octanol–water partition coefficient (Wildman–Crippen LogP) is 5.64. The molecule has 2 heterocycles. The lowest BCUT2D eigenvalue weighted by Gasteiger charge is -2.42. The molecule has 0 unspecified atom stereocenters. The molecule has 0 aromatic heterocycles. The van der Waals surface area contributed by atoms with E-state index in [1.54, 1.807) is 18.2 Å². The van der Waals surface area contributed by atoms with Crippen molar-refractivity contribution in [3.8, 4) is 5.75 Å². The number of hydrogen-bond donors (Lipinski definition) is 2. The van der Waals surface area contributed by atoms with Crippen molar-refractivity contribution in [2.45, 2.75) is 75.7 Å². The molecule has 9 heteroatoms. The molecule has 2 N–H and O–H groups in total. The fourth-order valence-electron chi connectivity index (χ4n) is 6.96. The Labute approximate surface area is 248 Å². The first-order valence-corrected chi connectivity index (χ1v) is 16.9. The van der Waals surface area contributed by atoms with Crippen LogP contribution in [0.15, 0.2) is 48.6 Å². The highest BCUT2D eigenvalue weighted by Crippen LogP contribution is 2.41. The standard InChI is InChI=1S/C32H39ClN2O5S/c33-26-11-8-25-20-40-31-14-10-23-18-29(31)35(15-2-1-5-22(25)17-26)19-24-9-12-28(24)30(36)13-7-21-4-3-6-27(16-21)41(38,39)34-32(23)37/h7-8,10-11,13-14,17-18,21,24,27-28,30,36H,1-6,9,12,15-16,19-20H2,(H,34,37)/b13-7+/t21-,24-,27-,28+,30-/m0/s1. The number of sulfonamides is 1. The molecule has 2 aromatic rings. The summed E-state index contributed by atoms with van der Waals surface area (Å²) in [6.45, 7) is 1.86. The Morgan fingerprint density at radius 1 is 0.976 bits per heavy atom. The number of nitrogens with zero attached hydrogens (tertiary/aromatic N) is 1. The minimum absolute atomic E-state index is 0.0783. The zero-order valence-corrected chi connectivity index (χ0v) is 24.9. The Balaban J connectivity index is 1.38. The minimum atomic E-state index is -3.85. The van der Waals surface area contributed by atoms with Gasteiger partial charge < -0.3 is 14.7 Å². The van der Waals surface area contributed by atoms with E-state index in [1.165, 1.54) is 5.56 Å². The normalized spacial score (nSPS) is 30.7. The number of carbonyl (C=O) groups is 1. The SMILES string of the molecule is O=C1NS(=O)(=O)[C@H]2CCC[C@@H](/C=C/[C@H](O)[C@@H]3CC[C@H]3CN3CCCCc4cc(Cl)ccc4COc4ccc1cc43)C2. The second-order valence-corrected chi connectivity index (χ2v) is 14.6. The monoisotopic (exact) mass is 598 g/mol. The lowest BCUT2D eigenvalue weighted by molar-refractivity contribution is 0.0459. The molecule has 2 fully saturated rings. The van der Waals surface area contributed by atoms with Crippen molar-refractivity contribution >= 4 is 33.2 Å². The van der Waals surface area contributed by atoms with E-state index in [9.17, 15) is 18.3 Å². The Bertz CT molecular complexity index is 1430. The van der Waals surface area contributed by atoms with Crippen molar-refractivity contribution in [2.24, 2.45) is 17.8 Å². The molecular formula is C32H39ClN2O5S. The van der Waals surface area contributed by atoms with E-state index in [-0.39, 0.29) is 11.8 Å². The number of hydrogen-bond acceptors (Lipinski definition) is 6. The largest absolute Gasteiger partial charge is 0.487 e. The number of aliphatic hydroxyl groups excluding tert-OH is 1. The van der Waals surface area contributed by atoms with Crippen LogP contribution in [0.1, 0.15) is 72.9 Å². The van der Waals surface area contributed by atoms with Gasteiger partial charge in [0, 0.05) is 23.7 Å².